The van der Waals surface area contributed by atoms with Crippen molar-refractivity contribution < 1.29 is 4.21 Å². The van der Waals surface area contributed by atoms with E-state index in [-0.39, 0.29) is 0 Å². The maximum atomic E-state index is 10.5. The van der Waals surface area contributed by atoms with Crippen LogP contribution in [0.4, 0.5) is 0 Å². The second-order valence-corrected chi connectivity index (χ2v) is 2.97. The minimum atomic E-state index is -0.638. The minimum absolute atomic E-state index is 0.622. The fourth-order valence-corrected chi connectivity index (χ4v) is 0.789. The van der Waals surface area contributed by atoms with Crippen LogP contribution in [0.15, 0.2) is 0 Å². The molecule has 0 radical (unpaired) electrons. The van der Waals surface area contributed by atoms with E-state index in [1.165, 1.54) is 0 Å². The van der Waals surface area contributed by atoms with Crippen LogP contribution in [-0.4, -0.2) is 22.9 Å². The Bertz CT molecular complexity index is 66.1. The molecule has 0 aromatic carbocycles. The topological polar surface area (TPSA) is 29.1 Å². The van der Waals surface area contributed by atoms with E-state index in [9.17, 15) is 4.21 Å². The zero-order valence-electron chi connectivity index (χ0n) is 6.73. The van der Waals surface area contributed by atoms with Crippen molar-refractivity contribution in [2.45, 2.75) is 20.8 Å². The molecule has 0 saturated carbocycles. The van der Waals surface area contributed by atoms with Gasteiger partial charge in [-0.3, -0.25) is 4.21 Å². The van der Waals surface area contributed by atoms with Gasteiger partial charge in [-0.25, -0.2) is 0 Å². The van der Waals surface area contributed by atoms with Crippen LogP contribution in [0, 0.1) is 0 Å². The average molecular weight is 151 g/mol. The van der Waals surface area contributed by atoms with Crippen LogP contribution in [0.5, 0.6) is 0 Å². The van der Waals surface area contributed by atoms with E-state index >= 15 is 0 Å². The van der Waals surface area contributed by atoms with Crippen LogP contribution in [0.2, 0.25) is 0 Å². The average Bonchev–Trinajstić information content (AvgIpc) is 1.93. The van der Waals surface area contributed by atoms with Gasteiger partial charge in [0.1, 0.15) is 0 Å². The van der Waals surface area contributed by atoms with Crippen LogP contribution in [0.3, 0.4) is 0 Å². The molecule has 0 aliphatic carbocycles. The summed E-state index contributed by atoms with van der Waals surface area (Å²) in [6.45, 7) is 5.91. The van der Waals surface area contributed by atoms with E-state index in [0.717, 1.165) is 5.75 Å². The molecule has 0 saturated heterocycles. The van der Waals surface area contributed by atoms with E-state index in [2.05, 4.69) is 5.32 Å². The Morgan fingerprint density at radius 2 is 1.89 bits per heavy atom. The molecule has 3 heteroatoms. The van der Waals surface area contributed by atoms with Gasteiger partial charge in [-0.2, -0.15) is 0 Å². The lowest BCUT2D eigenvalue weighted by Gasteiger charge is -1.92. The van der Waals surface area contributed by atoms with Crippen LogP contribution >= 0.6 is 0 Å². The molecule has 1 atom stereocenters. The summed E-state index contributed by atoms with van der Waals surface area (Å²) in [6.07, 6.45) is 0. The number of hydrogen-bond donors (Lipinski definition) is 1. The largest absolute Gasteiger partial charge is 0.309 e. The van der Waals surface area contributed by atoms with Crippen molar-refractivity contribution in [2.24, 2.45) is 0 Å². The molecule has 2 nitrogen and oxygen atoms in total. The van der Waals surface area contributed by atoms with E-state index in [1.807, 2.05) is 20.8 Å². The second kappa shape index (κ2) is 11.0. The molecule has 0 amide bonds. The maximum absolute atomic E-state index is 10.5. The molecule has 0 aromatic heterocycles. The Balaban J connectivity index is 0. The van der Waals surface area contributed by atoms with Gasteiger partial charge in [-0.05, 0) is 7.05 Å². The molecule has 0 spiro atoms. The number of rotatable bonds is 3. The fraction of sp³-hybridized carbons (Fsp3) is 1.00. The number of hydrogen-bond acceptors (Lipinski definition) is 2. The van der Waals surface area contributed by atoms with Crippen molar-refractivity contribution in [2.75, 3.05) is 18.7 Å². The Morgan fingerprint density at radius 3 is 2.00 bits per heavy atom. The van der Waals surface area contributed by atoms with Gasteiger partial charge < -0.3 is 5.32 Å². The summed E-state index contributed by atoms with van der Waals surface area (Å²) in [5.74, 6) is 1.37. The molecule has 0 aliphatic rings. The lowest BCUT2D eigenvalue weighted by atomic mass is 11.0. The Labute approximate surface area is 60.5 Å². The highest BCUT2D eigenvalue weighted by Crippen LogP contribution is 1.73. The zero-order chi connectivity index (χ0) is 7.70. The standard InChI is InChI=1S/C4H11NOS.C2H6/c1-3-7(6)4-5-2;1-2/h5H,3-4H2,1-2H3;1-2H3. The molecule has 0 bridgehead atoms. The molecule has 0 aromatic rings. The lowest BCUT2D eigenvalue weighted by Crippen LogP contribution is -2.14. The molecule has 58 valence electrons. The summed E-state index contributed by atoms with van der Waals surface area (Å²) in [5, 5.41) is 2.82. The molecule has 1 unspecified atom stereocenters. The quantitative estimate of drug-likeness (QED) is 0.651. The first kappa shape index (κ1) is 11.9. The normalized spacial score (nSPS) is 11.6. The molecule has 0 rings (SSSR count). The summed E-state index contributed by atoms with van der Waals surface area (Å²) < 4.78 is 10.5. The first-order valence-corrected chi connectivity index (χ1v) is 4.79. The highest BCUT2D eigenvalue weighted by Gasteiger charge is 1.87. The van der Waals surface area contributed by atoms with E-state index in [1.54, 1.807) is 7.05 Å². The third-order valence-corrected chi connectivity index (χ3v) is 1.88. The van der Waals surface area contributed by atoms with Gasteiger partial charge >= 0.3 is 0 Å². The molecule has 9 heavy (non-hydrogen) atoms. The van der Waals surface area contributed by atoms with Gasteiger partial charge in [0.2, 0.25) is 0 Å². The zero-order valence-corrected chi connectivity index (χ0v) is 7.55. The predicted octanol–water partition coefficient (Wildman–Crippen LogP) is 0.958. The summed E-state index contributed by atoms with van der Waals surface area (Å²) in [5.41, 5.74) is 0. The highest BCUT2D eigenvalue weighted by atomic mass is 32.2. The molecule has 0 aliphatic heterocycles. The summed E-state index contributed by atoms with van der Waals surface area (Å²) in [4.78, 5) is 0. The third-order valence-electron chi connectivity index (χ3n) is 0.627. The molecule has 0 fully saturated rings. The van der Waals surface area contributed by atoms with Crippen LogP contribution in [-0.2, 0) is 10.8 Å². The van der Waals surface area contributed by atoms with E-state index in [4.69, 9.17) is 0 Å². The third kappa shape index (κ3) is 11.6. The maximum Gasteiger partial charge on any atom is 0.0720 e. The SMILES string of the molecule is CC.CCS(=O)CNC. The van der Waals surface area contributed by atoms with Crippen LogP contribution in [0.1, 0.15) is 20.8 Å². The highest BCUT2D eigenvalue weighted by molar-refractivity contribution is 7.84. The summed E-state index contributed by atoms with van der Waals surface area (Å²) in [6, 6.07) is 0. The van der Waals surface area contributed by atoms with Gasteiger partial charge in [-0.1, -0.05) is 20.8 Å². The molecular formula is C6H17NOS. The van der Waals surface area contributed by atoms with Crippen molar-refractivity contribution in [1.29, 1.82) is 0 Å². The van der Waals surface area contributed by atoms with Gasteiger partial charge in [0.25, 0.3) is 0 Å². The lowest BCUT2D eigenvalue weighted by molar-refractivity contribution is 0.680. The van der Waals surface area contributed by atoms with Crippen LogP contribution in [0.25, 0.3) is 0 Å². The van der Waals surface area contributed by atoms with Gasteiger partial charge in [-0.15, -0.1) is 0 Å². The van der Waals surface area contributed by atoms with Crippen molar-refractivity contribution in [3.05, 3.63) is 0 Å². The molecule has 0 heterocycles. The summed E-state index contributed by atoms with van der Waals surface area (Å²) >= 11 is 0. The first-order valence-electron chi connectivity index (χ1n) is 3.30. The fourth-order valence-electron chi connectivity index (χ4n) is 0.263. The first-order chi connectivity index (χ1) is 4.31. The van der Waals surface area contributed by atoms with Crippen molar-refractivity contribution in [3.8, 4) is 0 Å². The van der Waals surface area contributed by atoms with Gasteiger partial charge in [0, 0.05) is 16.6 Å². The van der Waals surface area contributed by atoms with Crippen LogP contribution < -0.4 is 5.32 Å². The van der Waals surface area contributed by atoms with Gasteiger partial charge in [0.15, 0.2) is 0 Å². The smallest absolute Gasteiger partial charge is 0.0720 e. The molecule has 1 N–H and O–H groups in total. The predicted molar refractivity (Wildman–Crippen MR) is 44.0 cm³/mol. The van der Waals surface area contributed by atoms with Crippen molar-refractivity contribution in [3.63, 3.8) is 0 Å². The summed E-state index contributed by atoms with van der Waals surface area (Å²) in [7, 11) is 1.16. The van der Waals surface area contributed by atoms with E-state index in [0.29, 0.717) is 5.88 Å². The minimum Gasteiger partial charge on any atom is -0.309 e. The Morgan fingerprint density at radius 1 is 1.44 bits per heavy atom. The number of nitrogens with one attached hydrogen (secondary N) is 1. The van der Waals surface area contributed by atoms with Gasteiger partial charge in [0.05, 0.1) is 5.88 Å². The van der Waals surface area contributed by atoms with E-state index < -0.39 is 10.8 Å². The monoisotopic (exact) mass is 151 g/mol. The Kier molecular flexibility index (Phi) is 14.5. The Hall–Kier alpha value is 0.110. The molecular weight excluding hydrogens is 134 g/mol. The van der Waals surface area contributed by atoms with Crippen molar-refractivity contribution >= 4 is 10.8 Å². The second-order valence-electron chi connectivity index (χ2n) is 1.23. The van der Waals surface area contributed by atoms with Crippen molar-refractivity contribution in [1.82, 2.24) is 5.32 Å².